The fourth-order valence-corrected chi connectivity index (χ4v) is 4.11. The second-order valence-corrected chi connectivity index (χ2v) is 7.16. The van der Waals surface area contributed by atoms with E-state index in [2.05, 4.69) is 17.1 Å². The monoisotopic (exact) mass is 358 g/mol. The van der Waals surface area contributed by atoms with Gasteiger partial charge in [0.1, 0.15) is 9.88 Å². The smallest absolute Gasteiger partial charge is 0.270 e. The van der Waals surface area contributed by atoms with Crippen LogP contribution in [0.25, 0.3) is 21.3 Å². The van der Waals surface area contributed by atoms with Gasteiger partial charge in [-0.3, -0.25) is 4.79 Å². The molecule has 1 heterocycles. The van der Waals surface area contributed by atoms with E-state index in [-0.39, 0.29) is 5.91 Å². The van der Waals surface area contributed by atoms with Crippen molar-refractivity contribution in [3.05, 3.63) is 83.4 Å². The van der Waals surface area contributed by atoms with Gasteiger partial charge in [0, 0.05) is 18.0 Å². The summed E-state index contributed by atoms with van der Waals surface area (Å²) < 4.78 is 0. The lowest BCUT2D eigenvalue weighted by Crippen LogP contribution is -2.26. The van der Waals surface area contributed by atoms with Crippen LogP contribution in [0, 0.1) is 6.92 Å². The highest BCUT2D eigenvalue weighted by Gasteiger charge is 2.21. The predicted octanol–water partition coefficient (Wildman–Crippen LogP) is 5.55. The first-order chi connectivity index (χ1) is 12.6. The molecule has 4 rings (SSSR count). The van der Waals surface area contributed by atoms with Gasteiger partial charge >= 0.3 is 0 Å². The number of hydrogen-bond donors (Lipinski definition) is 0. The van der Waals surface area contributed by atoms with E-state index in [1.165, 1.54) is 11.3 Å². The fourth-order valence-electron chi connectivity index (χ4n) is 3.06. The minimum atomic E-state index is -0.0291. The first kappa shape index (κ1) is 16.5. The third kappa shape index (κ3) is 2.89. The van der Waals surface area contributed by atoms with Crippen LogP contribution >= 0.6 is 11.3 Å². The quantitative estimate of drug-likeness (QED) is 0.481. The van der Waals surface area contributed by atoms with Gasteiger partial charge in [0.25, 0.3) is 5.91 Å². The van der Waals surface area contributed by atoms with Gasteiger partial charge in [0.05, 0.1) is 11.4 Å². The van der Waals surface area contributed by atoms with Crippen LogP contribution < -0.4 is 4.90 Å². The van der Waals surface area contributed by atoms with Crippen LogP contribution in [0.15, 0.2) is 72.8 Å². The zero-order valence-corrected chi connectivity index (χ0v) is 15.5. The van der Waals surface area contributed by atoms with Gasteiger partial charge in [-0.25, -0.2) is 4.98 Å². The number of anilines is 1. The van der Waals surface area contributed by atoms with E-state index in [1.807, 2.05) is 74.6 Å². The molecule has 0 saturated heterocycles. The van der Waals surface area contributed by atoms with Crippen molar-refractivity contribution in [2.75, 3.05) is 11.9 Å². The molecule has 0 unspecified atom stereocenters. The highest BCUT2D eigenvalue weighted by Crippen LogP contribution is 2.31. The second-order valence-electron chi connectivity index (χ2n) is 6.16. The molecule has 0 fully saturated rings. The van der Waals surface area contributed by atoms with Gasteiger partial charge in [-0.1, -0.05) is 66.7 Å². The zero-order chi connectivity index (χ0) is 18.1. The number of carbonyl (C=O) groups excluding carboxylic acids is 1. The van der Waals surface area contributed by atoms with Crippen LogP contribution in [-0.2, 0) is 0 Å². The lowest BCUT2D eigenvalue weighted by molar-refractivity contribution is 0.0996. The molecule has 1 aromatic heterocycles. The number of amides is 1. The third-order valence-electron chi connectivity index (χ3n) is 4.44. The number of hydrogen-bond acceptors (Lipinski definition) is 3. The number of carbonyl (C=O) groups is 1. The van der Waals surface area contributed by atoms with E-state index in [0.717, 1.165) is 32.7 Å². The van der Waals surface area contributed by atoms with Crippen LogP contribution in [0.4, 0.5) is 5.69 Å². The molecule has 3 nitrogen and oxygen atoms in total. The lowest BCUT2D eigenvalue weighted by atomic mass is 10.1. The Morgan fingerprint density at radius 1 is 0.923 bits per heavy atom. The molecule has 0 bridgehead atoms. The van der Waals surface area contributed by atoms with Crippen molar-refractivity contribution < 1.29 is 4.79 Å². The molecule has 26 heavy (non-hydrogen) atoms. The molecule has 0 spiro atoms. The molecule has 0 N–H and O–H groups in total. The summed E-state index contributed by atoms with van der Waals surface area (Å²) in [5, 5.41) is 3.06. The number of rotatable bonds is 3. The van der Waals surface area contributed by atoms with Crippen molar-refractivity contribution in [3.63, 3.8) is 0 Å². The van der Waals surface area contributed by atoms with Crippen LogP contribution in [0.5, 0.6) is 0 Å². The molecule has 0 aliphatic rings. The maximum Gasteiger partial charge on any atom is 0.270 e. The van der Waals surface area contributed by atoms with Crippen LogP contribution in [0.1, 0.15) is 15.4 Å². The molecule has 0 aliphatic carbocycles. The Morgan fingerprint density at radius 3 is 2.42 bits per heavy atom. The van der Waals surface area contributed by atoms with Crippen LogP contribution in [0.2, 0.25) is 0 Å². The molecule has 128 valence electrons. The van der Waals surface area contributed by atoms with Crippen molar-refractivity contribution >= 4 is 33.7 Å². The summed E-state index contributed by atoms with van der Waals surface area (Å²) in [6.07, 6.45) is 0. The molecular weight excluding hydrogens is 340 g/mol. The van der Waals surface area contributed by atoms with Crippen molar-refractivity contribution in [1.29, 1.82) is 0 Å². The molecule has 0 radical (unpaired) electrons. The van der Waals surface area contributed by atoms with Crippen molar-refractivity contribution in [2.24, 2.45) is 0 Å². The van der Waals surface area contributed by atoms with Gasteiger partial charge in [0.2, 0.25) is 0 Å². The fraction of sp³-hybridized carbons (Fsp3) is 0.0909. The Balaban J connectivity index is 1.72. The molecule has 4 heteroatoms. The topological polar surface area (TPSA) is 33.2 Å². The maximum atomic E-state index is 13.2. The summed E-state index contributed by atoms with van der Waals surface area (Å²) in [5.74, 6) is -0.0291. The summed E-state index contributed by atoms with van der Waals surface area (Å²) in [5.41, 5.74) is 2.71. The number of fused-ring (bicyclic) bond motifs is 1. The SMILES string of the molecule is Cc1nc(-c2ccccc2)sc1C(=O)N(C)c1cccc2ccccc12. The van der Waals surface area contributed by atoms with Crippen molar-refractivity contribution in [3.8, 4) is 10.6 Å². The third-order valence-corrected chi connectivity index (χ3v) is 5.64. The van der Waals surface area contributed by atoms with Crippen LogP contribution in [-0.4, -0.2) is 17.9 Å². The molecule has 0 atom stereocenters. The van der Waals surface area contributed by atoms with Gasteiger partial charge in [0.15, 0.2) is 0 Å². The Kier molecular flexibility index (Phi) is 4.27. The number of aryl methyl sites for hydroxylation is 1. The molecule has 0 saturated carbocycles. The Morgan fingerprint density at radius 2 is 1.62 bits per heavy atom. The van der Waals surface area contributed by atoms with Crippen molar-refractivity contribution in [2.45, 2.75) is 6.92 Å². The largest absolute Gasteiger partial charge is 0.310 e. The van der Waals surface area contributed by atoms with E-state index in [9.17, 15) is 4.79 Å². The first-order valence-electron chi connectivity index (χ1n) is 8.44. The van der Waals surface area contributed by atoms with Gasteiger partial charge < -0.3 is 4.90 Å². The Bertz CT molecular complexity index is 1080. The van der Waals surface area contributed by atoms with Gasteiger partial charge in [-0.15, -0.1) is 11.3 Å². The predicted molar refractivity (Wildman–Crippen MR) is 109 cm³/mol. The Labute approximate surface area is 156 Å². The van der Waals surface area contributed by atoms with E-state index >= 15 is 0 Å². The van der Waals surface area contributed by atoms with E-state index in [1.54, 1.807) is 4.90 Å². The normalized spacial score (nSPS) is 10.8. The number of nitrogens with zero attached hydrogens (tertiary/aromatic N) is 2. The highest BCUT2D eigenvalue weighted by molar-refractivity contribution is 7.17. The van der Waals surface area contributed by atoms with Crippen LogP contribution in [0.3, 0.4) is 0 Å². The number of benzene rings is 3. The van der Waals surface area contributed by atoms with Crippen molar-refractivity contribution in [1.82, 2.24) is 4.98 Å². The summed E-state index contributed by atoms with van der Waals surface area (Å²) >= 11 is 1.45. The zero-order valence-electron chi connectivity index (χ0n) is 14.6. The average Bonchev–Trinajstić information content (AvgIpc) is 3.09. The summed E-state index contributed by atoms with van der Waals surface area (Å²) in [4.78, 5) is 20.2. The van der Waals surface area contributed by atoms with Gasteiger partial charge in [-0.2, -0.15) is 0 Å². The molecule has 1 amide bonds. The first-order valence-corrected chi connectivity index (χ1v) is 9.25. The number of thiazole rings is 1. The lowest BCUT2D eigenvalue weighted by Gasteiger charge is -2.19. The molecule has 0 aliphatic heterocycles. The summed E-state index contributed by atoms with van der Waals surface area (Å²) in [6, 6.07) is 24.1. The minimum Gasteiger partial charge on any atom is -0.310 e. The number of aromatic nitrogens is 1. The summed E-state index contributed by atoms with van der Waals surface area (Å²) in [6.45, 7) is 1.90. The highest BCUT2D eigenvalue weighted by atomic mass is 32.1. The average molecular weight is 358 g/mol. The van der Waals surface area contributed by atoms with E-state index in [0.29, 0.717) is 4.88 Å². The molecule has 3 aromatic carbocycles. The molecule has 4 aromatic rings. The molecular formula is C22H18N2OS. The summed E-state index contributed by atoms with van der Waals surface area (Å²) in [7, 11) is 1.82. The minimum absolute atomic E-state index is 0.0291. The van der Waals surface area contributed by atoms with Gasteiger partial charge in [-0.05, 0) is 18.4 Å². The van der Waals surface area contributed by atoms with E-state index in [4.69, 9.17) is 0 Å². The second kappa shape index (κ2) is 6.73. The Hall–Kier alpha value is -2.98. The maximum absolute atomic E-state index is 13.2. The standard InChI is InChI=1S/C22H18N2OS/c1-15-20(26-21(23-15)17-10-4-3-5-11-17)22(25)24(2)19-14-8-12-16-9-6-7-13-18(16)19/h3-14H,1-2H3. The van der Waals surface area contributed by atoms with E-state index < -0.39 is 0 Å².